The van der Waals surface area contributed by atoms with Gasteiger partial charge in [-0.1, -0.05) is 11.2 Å². The third-order valence-corrected chi connectivity index (χ3v) is 9.37. The fourth-order valence-electron chi connectivity index (χ4n) is 4.63. The summed E-state index contributed by atoms with van der Waals surface area (Å²) in [6.07, 6.45) is 6.43. The molecule has 1 saturated heterocycles. The van der Waals surface area contributed by atoms with Crippen LogP contribution in [0.4, 0.5) is 16.6 Å². The van der Waals surface area contributed by atoms with E-state index in [1.807, 2.05) is 0 Å². The standard InChI is InChI=1S/C29H28N10O11S2/c1-29(2,27(47)48)50-36-18(14-10-52-28(31)34-14)23(43)35-19-24(44)39-20(26(45)46)12(9-51-25(19)39)4-3-5-37-7-13(21(30)32-11-37)33-22(42)15-6-16(40)17(41)8-38(15)49/h3-4,6-8,10-11,19,25,30,49H,5,9H2,1-2H3,(H7,31,33,34,35,41,42,43,45,46,47,48)/p+1/b4-3+,36-18-/t19-,25?/m1/s1. The van der Waals surface area contributed by atoms with Gasteiger partial charge in [-0.15, -0.1) is 23.1 Å². The van der Waals surface area contributed by atoms with Crippen molar-refractivity contribution >= 4 is 75.1 Å². The lowest BCUT2D eigenvalue weighted by molar-refractivity contribution is -0.689. The molecular formula is C29H29N10O11S2+. The van der Waals surface area contributed by atoms with Crippen molar-refractivity contribution in [2.75, 3.05) is 22.5 Å². The topological polar surface area (TPSA) is 319 Å². The van der Waals surface area contributed by atoms with Crippen LogP contribution in [0, 0.1) is 0 Å². The van der Waals surface area contributed by atoms with Gasteiger partial charge in [-0.25, -0.2) is 19.1 Å². The summed E-state index contributed by atoms with van der Waals surface area (Å²) in [7, 11) is 0. The van der Waals surface area contributed by atoms with E-state index in [9.17, 15) is 49.3 Å². The molecule has 1 unspecified atom stereocenters. The van der Waals surface area contributed by atoms with Gasteiger partial charge in [0.25, 0.3) is 29.9 Å². The Balaban J connectivity index is 1.29. The first-order chi connectivity index (χ1) is 24.5. The van der Waals surface area contributed by atoms with Gasteiger partial charge in [0.05, 0.1) is 6.20 Å². The SMILES string of the molecule is CC(C)(O/N=C(\C(=O)N[C@@H]1C(=O)N2C(C(=O)O)=C(/C=C/C[n+]3cnc(N)c(NC(=O)c4cc(=O)c(O)cn4O)c3)CSC12)c1csc(N)n1)C(=O)O. The van der Waals surface area contributed by atoms with Crippen molar-refractivity contribution in [3.8, 4) is 5.75 Å². The number of rotatable bonds is 12. The van der Waals surface area contributed by atoms with Gasteiger partial charge in [0, 0.05) is 17.2 Å². The maximum absolute atomic E-state index is 13.3. The van der Waals surface area contributed by atoms with Crippen molar-refractivity contribution in [1.29, 1.82) is 0 Å². The van der Waals surface area contributed by atoms with Gasteiger partial charge in [0.2, 0.25) is 11.0 Å². The third kappa shape index (κ3) is 7.48. The number of hydrogen-bond donors (Lipinski definition) is 8. The number of hydrogen-bond acceptors (Lipinski definition) is 16. The highest BCUT2D eigenvalue weighted by Gasteiger charge is 2.54. The maximum atomic E-state index is 13.3. The number of carboxylic acid groups (broad SMARTS) is 2. The average molecular weight is 758 g/mol. The number of aliphatic carboxylic acids is 2. The normalized spacial score (nSPS) is 17.4. The zero-order chi connectivity index (χ0) is 38.1. The first-order valence-electron chi connectivity index (χ1n) is 14.7. The molecule has 0 aliphatic carbocycles. The highest BCUT2D eigenvalue weighted by Crippen LogP contribution is 2.40. The number of pyridine rings is 1. The molecule has 23 heteroatoms. The summed E-state index contributed by atoms with van der Waals surface area (Å²) >= 11 is 2.16. The highest BCUT2D eigenvalue weighted by molar-refractivity contribution is 8.00. The lowest BCUT2D eigenvalue weighted by Gasteiger charge is -2.49. The number of nitrogens with one attached hydrogen (secondary N) is 2. The number of thiazole rings is 1. The van der Waals surface area contributed by atoms with Crippen LogP contribution in [0.2, 0.25) is 0 Å². The number of carboxylic acids is 2. The Morgan fingerprint density at radius 3 is 2.62 bits per heavy atom. The van der Waals surface area contributed by atoms with Gasteiger partial charge in [-0.2, -0.15) is 4.73 Å². The molecule has 0 saturated carbocycles. The Morgan fingerprint density at radius 1 is 1.23 bits per heavy atom. The van der Waals surface area contributed by atoms with Crippen LogP contribution in [0.3, 0.4) is 0 Å². The molecule has 5 heterocycles. The number of amides is 3. The van der Waals surface area contributed by atoms with Crippen molar-refractivity contribution in [3.63, 3.8) is 0 Å². The van der Waals surface area contributed by atoms with E-state index in [-0.39, 0.29) is 50.6 Å². The van der Waals surface area contributed by atoms with E-state index in [1.165, 1.54) is 54.2 Å². The number of β-lactam (4-membered cyclic amide) rings is 1. The summed E-state index contributed by atoms with van der Waals surface area (Å²) in [4.78, 5) is 88.9. The molecule has 5 rings (SSSR count). The number of nitrogen functional groups attached to an aromatic ring is 2. The molecule has 52 heavy (non-hydrogen) atoms. The molecule has 0 spiro atoms. The highest BCUT2D eigenvalue weighted by atomic mass is 32.2. The van der Waals surface area contributed by atoms with Gasteiger partial charge in [0.1, 0.15) is 41.2 Å². The number of aromatic hydroxyl groups is 1. The van der Waals surface area contributed by atoms with Crippen molar-refractivity contribution in [1.82, 2.24) is 24.9 Å². The summed E-state index contributed by atoms with van der Waals surface area (Å²) in [5.74, 6) is -6.10. The van der Waals surface area contributed by atoms with Crippen molar-refractivity contribution in [2.45, 2.75) is 37.4 Å². The number of allylic oxidation sites excluding steroid dienone is 2. The number of nitrogens with zero attached hydrogens (tertiary/aromatic N) is 6. The molecule has 21 nitrogen and oxygen atoms in total. The zero-order valence-corrected chi connectivity index (χ0v) is 28.5. The average Bonchev–Trinajstić information content (AvgIpc) is 3.51. The van der Waals surface area contributed by atoms with Crippen molar-refractivity contribution in [2.24, 2.45) is 5.16 Å². The molecule has 1 fully saturated rings. The number of fused-ring (bicyclic) bond motifs is 1. The Kier molecular flexibility index (Phi) is 10.2. The van der Waals surface area contributed by atoms with E-state index in [0.717, 1.165) is 22.3 Å². The van der Waals surface area contributed by atoms with Crippen LogP contribution < -0.4 is 32.1 Å². The van der Waals surface area contributed by atoms with E-state index in [1.54, 1.807) is 6.08 Å². The second-order valence-corrected chi connectivity index (χ2v) is 13.4. The van der Waals surface area contributed by atoms with E-state index in [4.69, 9.17) is 16.3 Å². The van der Waals surface area contributed by atoms with E-state index in [0.29, 0.717) is 6.20 Å². The molecule has 272 valence electrons. The van der Waals surface area contributed by atoms with Crippen LogP contribution in [-0.2, 0) is 30.6 Å². The first-order valence-corrected chi connectivity index (χ1v) is 16.6. The molecule has 0 radical (unpaired) electrons. The monoisotopic (exact) mass is 757 g/mol. The smallest absolute Gasteiger partial charge is 0.352 e. The summed E-state index contributed by atoms with van der Waals surface area (Å²) in [6, 6.07) is -0.447. The Bertz CT molecular complexity index is 2160. The first kappa shape index (κ1) is 36.8. The maximum Gasteiger partial charge on any atom is 0.352 e. The molecule has 0 bridgehead atoms. The summed E-state index contributed by atoms with van der Waals surface area (Å²) in [5, 5.41) is 48.0. The number of oxime groups is 1. The Morgan fingerprint density at radius 2 is 1.96 bits per heavy atom. The number of anilines is 3. The van der Waals surface area contributed by atoms with Crippen molar-refractivity contribution < 1.29 is 53.9 Å². The van der Waals surface area contributed by atoms with Crippen molar-refractivity contribution in [3.05, 3.63) is 75.2 Å². The molecule has 3 aromatic rings. The number of thioether (sulfide) groups is 1. The van der Waals surface area contributed by atoms with E-state index < -0.39 is 69.3 Å². The number of carbonyl (C=O) groups is 5. The molecule has 2 aliphatic heterocycles. The third-order valence-electron chi connectivity index (χ3n) is 7.39. The van der Waals surface area contributed by atoms with Gasteiger partial charge >= 0.3 is 11.9 Å². The van der Waals surface area contributed by atoms with Crippen LogP contribution in [0.15, 0.2) is 63.5 Å². The van der Waals surface area contributed by atoms with Gasteiger partial charge in [0.15, 0.2) is 22.3 Å². The molecule has 2 atom stereocenters. The largest absolute Gasteiger partial charge is 0.503 e. The van der Waals surface area contributed by atoms with Crippen LogP contribution in [0.25, 0.3) is 0 Å². The van der Waals surface area contributed by atoms with Gasteiger partial charge in [-0.3, -0.25) is 24.1 Å². The summed E-state index contributed by atoms with van der Waals surface area (Å²) in [5.41, 5.74) is 7.86. The second-order valence-electron chi connectivity index (χ2n) is 11.4. The molecule has 0 aromatic carbocycles. The molecule has 10 N–H and O–H groups in total. The second kappa shape index (κ2) is 14.4. The van der Waals surface area contributed by atoms with Gasteiger partial charge < -0.3 is 47.5 Å². The van der Waals surface area contributed by atoms with Crippen LogP contribution >= 0.6 is 23.1 Å². The number of carbonyl (C=O) groups excluding carboxylic acids is 3. The quantitative estimate of drug-likeness (QED) is 0.0358. The van der Waals surface area contributed by atoms with Crippen LogP contribution in [-0.4, -0.2) is 98.3 Å². The molecule has 3 aromatic heterocycles. The van der Waals surface area contributed by atoms with E-state index in [2.05, 4.69) is 25.8 Å². The van der Waals surface area contributed by atoms with E-state index >= 15 is 0 Å². The minimum atomic E-state index is -1.82. The summed E-state index contributed by atoms with van der Waals surface area (Å²) in [6.45, 7) is 2.51. The Hall–Kier alpha value is -6.49. The Labute approximate surface area is 299 Å². The minimum absolute atomic E-state index is 0.00537. The summed E-state index contributed by atoms with van der Waals surface area (Å²) < 4.78 is 1.74. The predicted octanol–water partition coefficient (Wildman–Crippen LogP) is -1.07. The molecular weight excluding hydrogens is 729 g/mol. The lowest BCUT2D eigenvalue weighted by Crippen LogP contribution is -2.71. The number of aromatic nitrogens is 4. The lowest BCUT2D eigenvalue weighted by atomic mass is 10.0. The predicted molar refractivity (Wildman–Crippen MR) is 181 cm³/mol. The fraction of sp³-hybridized carbons (Fsp3) is 0.241. The molecule has 3 amide bonds. The zero-order valence-electron chi connectivity index (χ0n) is 26.9. The minimum Gasteiger partial charge on any atom is -0.503 e. The van der Waals surface area contributed by atoms with Crippen LogP contribution in [0.5, 0.6) is 5.75 Å². The fourth-order valence-corrected chi connectivity index (χ4v) is 6.50. The number of nitrogens with two attached hydrogens (primary N) is 2. The van der Waals surface area contributed by atoms with Gasteiger partial charge in [-0.05, 0) is 30.5 Å². The van der Waals surface area contributed by atoms with Crippen LogP contribution in [0.1, 0.15) is 30.0 Å². The molecule has 2 aliphatic rings.